The number of nitro groups is 1. The van der Waals surface area contributed by atoms with Crippen LogP contribution in [0.25, 0.3) is 0 Å². The minimum absolute atomic E-state index is 0.468. The van der Waals surface area contributed by atoms with Crippen LogP contribution in [-0.4, -0.2) is 21.7 Å². The number of rotatable bonds is 4. The minimum atomic E-state index is -0.735. The lowest BCUT2D eigenvalue weighted by atomic mass is 10.1. The molecule has 0 spiro atoms. The van der Waals surface area contributed by atoms with E-state index in [1.807, 2.05) is 0 Å². The summed E-state index contributed by atoms with van der Waals surface area (Å²) in [6, 6.07) is 2.54. The first-order valence-electron chi connectivity index (χ1n) is 4.45. The summed E-state index contributed by atoms with van der Waals surface area (Å²) in [4.78, 5) is 9.77. The van der Waals surface area contributed by atoms with Crippen molar-refractivity contribution in [1.82, 2.24) is 0 Å². The molecule has 0 bridgehead atoms. The van der Waals surface area contributed by atoms with Crippen molar-refractivity contribution in [3.63, 3.8) is 0 Å². The highest BCUT2D eigenvalue weighted by Crippen LogP contribution is 2.36. The first-order valence-corrected chi connectivity index (χ1v) is 4.45. The van der Waals surface area contributed by atoms with Crippen LogP contribution in [-0.2, 0) is 6.42 Å². The van der Waals surface area contributed by atoms with Crippen molar-refractivity contribution in [3.8, 4) is 11.5 Å². The Kier molecular flexibility index (Phi) is 3.46. The highest BCUT2D eigenvalue weighted by molar-refractivity contribution is 5.56. The number of aromatic hydroxyl groups is 2. The number of phenols is 2. The van der Waals surface area contributed by atoms with Gasteiger partial charge in [-0.2, -0.15) is 0 Å². The Morgan fingerprint density at radius 2 is 2.07 bits per heavy atom. The van der Waals surface area contributed by atoms with Gasteiger partial charge >= 0.3 is 5.69 Å². The fraction of sp³-hybridized carbons (Fsp3) is 0.333. The fourth-order valence-corrected chi connectivity index (χ4v) is 1.25. The molecule has 1 rings (SSSR count). The van der Waals surface area contributed by atoms with Gasteiger partial charge in [0.15, 0.2) is 5.75 Å². The molecule has 1 aromatic rings. The quantitative estimate of drug-likeness (QED) is 0.390. The van der Waals surface area contributed by atoms with Crippen LogP contribution in [0, 0.1) is 10.1 Å². The molecule has 0 heterocycles. The maximum Gasteiger partial charge on any atom is 0.314 e. The summed E-state index contributed by atoms with van der Waals surface area (Å²) >= 11 is 0. The molecule has 0 radical (unpaired) electrons. The molecule has 0 aliphatic heterocycles. The summed E-state index contributed by atoms with van der Waals surface area (Å²) in [5.74, 6) is -1.17. The second-order valence-electron chi connectivity index (χ2n) is 3.13. The van der Waals surface area contributed by atoms with E-state index in [4.69, 9.17) is 5.73 Å². The van der Waals surface area contributed by atoms with E-state index in [1.165, 1.54) is 12.1 Å². The van der Waals surface area contributed by atoms with Crippen molar-refractivity contribution >= 4 is 5.69 Å². The normalized spacial score (nSPS) is 10.2. The van der Waals surface area contributed by atoms with Crippen molar-refractivity contribution in [2.75, 3.05) is 6.54 Å². The lowest BCUT2D eigenvalue weighted by molar-refractivity contribution is -0.386. The van der Waals surface area contributed by atoms with Gasteiger partial charge in [-0.25, -0.2) is 0 Å². The Hall–Kier alpha value is -1.82. The zero-order chi connectivity index (χ0) is 11.4. The standard InChI is InChI=1S/C9H12N2O4/c10-3-1-2-6-4-7(11(14)15)9(13)8(12)5-6/h4-5,12-13H,1-3,10H2. The summed E-state index contributed by atoms with van der Waals surface area (Å²) in [6.07, 6.45) is 1.20. The molecule has 0 aromatic heterocycles. The van der Waals surface area contributed by atoms with E-state index in [1.54, 1.807) is 0 Å². The van der Waals surface area contributed by atoms with Gasteiger partial charge in [-0.15, -0.1) is 0 Å². The maximum absolute atomic E-state index is 10.5. The molecule has 0 aliphatic rings. The van der Waals surface area contributed by atoms with E-state index < -0.39 is 22.1 Å². The van der Waals surface area contributed by atoms with Crippen LogP contribution in [0.4, 0.5) is 5.69 Å². The van der Waals surface area contributed by atoms with Gasteiger partial charge in [-0.05, 0) is 31.0 Å². The SMILES string of the molecule is NCCCc1cc(O)c(O)c([N+](=O)[O-])c1. The third kappa shape index (κ3) is 2.57. The largest absolute Gasteiger partial charge is 0.504 e. The van der Waals surface area contributed by atoms with Crippen LogP contribution in [0.5, 0.6) is 11.5 Å². The van der Waals surface area contributed by atoms with Crippen molar-refractivity contribution in [2.45, 2.75) is 12.8 Å². The van der Waals surface area contributed by atoms with E-state index in [0.29, 0.717) is 24.9 Å². The predicted octanol–water partition coefficient (Wildman–Crippen LogP) is 0.897. The van der Waals surface area contributed by atoms with E-state index >= 15 is 0 Å². The lowest BCUT2D eigenvalue weighted by Gasteiger charge is -2.03. The molecule has 0 fully saturated rings. The topological polar surface area (TPSA) is 110 Å². The lowest BCUT2D eigenvalue weighted by Crippen LogP contribution is -2.00. The molecule has 0 atom stereocenters. The summed E-state index contributed by atoms with van der Waals surface area (Å²) in [6.45, 7) is 0.468. The van der Waals surface area contributed by atoms with Crippen molar-refractivity contribution in [1.29, 1.82) is 0 Å². The number of aryl methyl sites for hydroxylation is 1. The molecular weight excluding hydrogens is 200 g/mol. The number of hydrogen-bond acceptors (Lipinski definition) is 5. The molecule has 0 amide bonds. The summed E-state index contributed by atoms with van der Waals surface area (Å²) in [5.41, 5.74) is 5.40. The van der Waals surface area contributed by atoms with E-state index in [2.05, 4.69) is 0 Å². The third-order valence-corrected chi connectivity index (χ3v) is 2.00. The van der Waals surface area contributed by atoms with Crippen molar-refractivity contribution in [3.05, 3.63) is 27.8 Å². The molecule has 0 unspecified atom stereocenters. The molecule has 82 valence electrons. The second kappa shape index (κ2) is 4.61. The molecular formula is C9H12N2O4. The molecule has 6 nitrogen and oxygen atoms in total. The molecule has 6 heteroatoms. The van der Waals surface area contributed by atoms with Gasteiger partial charge in [0, 0.05) is 6.07 Å². The monoisotopic (exact) mass is 212 g/mol. The maximum atomic E-state index is 10.5. The Bertz CT molecular complexity index is 379. The molecule has 1 aromatic carbocycles. The van der Waals surface area contributed by atoms with Gasteiger partial charge in [0.1, 0.15) is 0 Å². The molecule has 0 saturated carbocycles. The third-order valence-electron chi connectivity index (χ3n) is 2.00. The highest BCUT2D eigenvalue weighted by Gasteiger charge is 2.18. The van der Waals surface area contributed by atoms with Gasteiger partial charge in [0.25, 0.3) is 0 Å². The second-order valence-corrected chi connectivity index (χ2v) is 3.13. The number of hydrogen-bond donors (Lipinski definition) is 3. The number of nitro benzene ring substituents is 1. The van der Waals surface area contributed by atoms with Crippen LogP contribution in [0.2, 0.25) is 0 Å². The molecule has 4 N–H and O–H groups in total. The van der Waals surface area contributed by atoms with Crippen LogP contribution < -0.4 is 5.73 Å². The molecule has 0 saturated heterocycles. The number of nitrogens with zero attached hydrogens (tertiary/aromatic N) is 1. The fourth-order valence-electron chi connectivity index (χ4n) is 1.25. The van der Waals surface area contributed by atoms with E-state index in [-0.39, 0.29) is 0 Å². The highest BCUT2D eigenvalue weighted by atomic mass is 16.6. The van der Waals surface area contributed by atoms with Gasteiger partial charge in [-0.3, -0.25) is 10.1 Å². The van der Waals surface area contributed by atoms with Crippen molar-refractivity contribution in [2.24, 2.45) is 5.73 Å². The van der Waals surface area contributed by atoms with E-state index in [9.17, 15) is 20.3 Å². The first kappa shape index (κ1) is 11.3. The van der Waals surface area contributed by atoms with Gasteiger partial charge < -0.3 is 15.9 Å². The summed E-state index contributed by atoms with van der Waals surface area (Å²) < 4.78 is 0. The van der Waals surface area contributed by atoms with Crippen LogP contribution >= 0.6 is 0 Å². The van der Waals surface area contributed by atoms with Gasteiger partial charge in [-0.1, -0.05) is 0 Å². The first-order chi connectivity index (χ1) is 7.06. The minimum Gasteiger partial charge on any atom is -0.504 e. The Balaban J connectivity index is 3.06. The summed E-state index contributed by atoms with van der Waals surface area (Å²) in [7, 11) is 0. The molecule has 15 heavy (non-hydrogen) atoms. The van der Waals surface area contributed by atoms with E-state index in [0.717, 1.165) is 0 Å². The predicted molar refractivity (Wildman–Crippen MR) is 53.8 cm³/mol. The average Bonchev–Trinajstić information content (AvgIpc) is 2.19. The zero-order valence-corrected chi connectivity index (χ0v) is 8.01. The Morgan fingerprint density at radius 3 is 2.60 bits per heavy atom. The van der Waals surface area contributed by atoms with Crippen LogP contribution in [0.1, 0.15) is 12.0 Å². The summed E-state index contributed by atoms with van der Waals surface area (Å²) in [5, 5.41) is 29.0. The van der Waals surface area contributed by atoms with Crippen LogP contribution in [0.15, 0.2) is 12.1 Å². The molecule has 0 aliphatic carbocycles. The zero-order valence-electron chi connectivity index (χ0n) is 8.01. The number of benzene rings is 1. The average molecular weight is 212 g/mol. The Labute approximate surface area is 86.1 Å². The van der Waals surface area contributed by atoms with Crippen LogP contribution in [0.3, 0.4) is 0 Å². The van der Waals surface area contributed by atoms with Crippen molar-refractivity contribution < 1.29 is 15.1 Å². The Morgan fingerprint density at radius 1 is 1.40 bits per heavy atom. The number of nitrogens with two attached hydrogens (primary N) is 1. The van der Waals surface area contributed by atoms with Gasteiger partial charge in [0.05, 0.1) is 4.92 Å². The van der Waals surface area contributed by atoms with Gasteiger partial charge in [0.2, 0.25) is 5.75 Å². The number of phenolic OH excluding ortho intramolecular Hbond substituents is 2. The smallest absolute Gasteiger partial charge is 0.314 e.